The van der Waals surface area contributed by atoms with E-state index in [9.17, 15) is 4.79 Å². The molecule has 0 fully saturated rings. The van der Waals surface area contributed by atoms with Crippen LogP contribution in [0.2, 0.25) is 0 Å². The van der Waals surface area contributed by atoms with E-state index < -0.39 is 0 Å². The molecule has 1 amide bonds. The highest BCUT2D eigenvalue weighted by atomic mass is 16.1. The number of rotatable bonds is 5. The molecular weight excluding hydrogens is 128 g/mol. The average molecular weight is 142 g/mol. The van der Waals surface area contributed by atoms with Gasteiger partial charge in [-0.3, -0.25) is 4.79 Å². The van der Waals surface area contributed by atoms with Crippen molar-refractivity contribution in [3.05, 3.63) is 0 Å². The maximum Gasteiger partial charge on any atom is 0.229 e. The van der Waals surface area contributed by atoms with Crippen LogP contribution in [0.3, 0.4) is 0 Å². The molecule has 3 nitrogen and oxygen atoms in total. The third kappa shape index (κ3) is 5.28. The zero-order chi connectivity index (χ0) is 7.82. The van der Waals surface area contributed by atoms with E-state index in [-0.39, 0.29) is 0 Å². The van der Waals surface area contributed by atoms with E-state index in [2.05, 4.69) is 12.0 Å². The number of hydrogen-bond donors (Lipinski definition) is 0. The van der Waals surface area contributed by atoms with Gasteiger partial charge in [0.2, 0.25) is 6.41 Å². The summed E-state index contributed by atoms with van der Waals surface area (Å²) in [6.07, 6.45) is 5.70. The number of carbonyl (C=O) groups excluding carboxylic acids is 1. The fourth-order valence-corrected chi connectivity index (χ4v) is 0.509. The molecule has 0 aromatic heterocycles. The predicted molar refractivity (Wildman–Crippen MR) is 41.8 cm³/mol. The Kier molecular flexibility index (Phi) is 5.72. The van der Waals surface area contributed by atoms with E-state index in [0.29, 0.717) is 6.41 Å². The van der Waals surface area contributed by atoms with Gasteiger partial charge in [0.1, 0.15) is 0 Å². The first-order chi connectivity index (χ1) is 4.81. The lowest BCUT2D eigenvalue weighted by molar-refractivity contribution is -0.116. The third-order valence-electron chi connectivity index (χ3n) is 1.10. The van der Waals surface area contributed by atoms with Crippen molar-refractivity contribution in [1.82, 2.24) is 5.01 Å². The van der Waals surface area contributed by atoms with Crippen LogP contribution in [0.1, 0.15) is 26.2 Å². The number of nitrogens with zero attached hydrogens (tertiary/aromatic N) is 2. The summed E-state index contributed by atoms with van der Waals surface area (Å²) < 4.78 is 0. The molecule has 0 saturated heterocycles. The summed E-state index contributed by atoms with van der Waals surface area (Å²) in [5.41, 5.74) is 0. The maximum atomic E-state index is 9.98. The number of unbranched alkanes of at least 4 members (excludes halogenated alkanes) is 2. The summed E-state index contributed by atoms with van der Waals surface area (Å²) in [4.78, 5) is 9.98. The predicted octanol–water partition coefficient (Wildman–Crippen LogP) is 1.25. The van der Waals surface area contributed by atoms with Crippen molar-refractivity contribution < 1.29 is 4.79 Å². The van der Waals surface area contributed by atoms with Crippen LogP contribution >= 0.6 is 0 Å². The van der Waals surface area contributed by atoms with Gasteiger partial charge in [0.05, 0.1) is 0 Å². The molecule has 0 aliphatic heterocycles. The first-order valence-corrected chi connectivity index (χ1v) is 3.51. The Morgan fingerprint density at radius 1 is 1.60 bits per heavy atom. The van der Waals surface area contributed by atoms with Crippen molar-refractivity contribution >= 4 is 12.6 Å². The van der Waals surface area contributed by atoms with Gasteiger partial charge in [-0.2, -0.15) is 5.10 Å². The molecule has 10 heavy (non-hydrogen) atoms. The van der Waals surface area contributed by atoms with Gasteiger partial charge < -0.3 is 0 Å². The summed E-state index contributed by atoms with van der Waals surface area (Å²) in [5, 5.41) is 5.08. The quantitative estimate of drug-likeness (QED) is 0.246. The van der Waals surface area contributed by atoms with Gasteiger partial charge in [0.15, 0.2) is 0 Å². The molecule has 0 aliphatic rings. The zero-order valence-electron chi connectivity index (χ0n) is 6.58. The molecule has 0 aromatic rings. The van der Waals surface area contributed by atoms with Crippen molar-refractivity contribution in [2.24, 2.45) is 5.10 Å². The lowest BCUT2D eigenvalue weighted by Gasteiger charge is -1.99. The molecule has 3 heteroatoms. The Balaban J connectivity index is 3.26. The largest absolute Gasteiger partial charge is 0.277 e. The van der Waals surface area contributed by atoms with Crippen molar-refractivity contribution in [2.75, 3.05) is 7.05 Å². The van der Waals surface area contributed by atoms with Crippen LogP contribution in [0, 0.1) is 0 Å². The molecule has 0 bridgehead atoms. The van der Waals surface area contributed by atoms with Crippen molar-refractivity contribution in [3.8, 4) is 0 Å². The van der Waals surface area contributed by atoms with Gasteiger partial charge in [-0.1, -0.05) is 13.3 Å². The smallest absolute Gasteiger partial charge is 0.229 e. The van der Waals surface area contributed by atoms with E-state index in [1.54, 1.807) is 13.3 Å². The normalized spacial score (nSPS) is 10.2. The monoisotopic (exact) mass is 142 g/mol. The summed E-state index contributed by atoms with van der Waals surface area (Å²) in [7, 11) is 1.62. The molecule has 0 rings (SSSR count). The zero-order valence-corrected chi connectivity index (χ0v) is 6.58. The van der Waals surface area contributed by atoms with Gasteiger partial charge in [0, 0.05) is 13.3 Å². The van der Waals surface area contributed by atoms with Crippen LogP contribution in [0.4, 0.5) is 0 Å². The Morgan fingerprint density at radius 2 is 2.30 bits per heavy atom. The van der Waals surface area contributed by atoms with Crippen LogP contribution in [-0.2, 0) is 4.79 Å². The van der Waals surface area contributed by atoms with Crippen molar-refractivity contribution in [3.63, 3.8) is 0 Å². The van der Waals surface area contributed by atoms with Gasteiger partial charge >= 0.3 is 0 Å². The SMILES string of the molecule is CCCCC=NN(C)C=O. The minimum atomic E-state index is 0.683. The average Bonchev–Trinajstić information content (AvgIpc) is 1.98. The highest BCUT2D eigenvalue weighted by Crippen LogP contribution is 1.89. The lowest BCUT2D eigenvalue weighted by Crippen LogP contribution is -2.06. The van der Waals surface area contributed by atoms with Gasteiger partial charge in [0.25, 0.3) is 0 Å². The fourth-order valence-electron chi connectivity index (χ4n) is 0.509. The highest BCUT2D eigenvalue weighted by Gasteiger charge is 1.82. The third-order valence-corrected chi connectivity index (χ3v) is 1.10. The van der Waals surface area contributed by atoms with E-state index in [4.69, 9.17) is 0 Å². The van der Waals surface area contributed by atoms with E-state index in [1.807, 2.05) is 0 Å². The molecule has 58 valence electrons. The molecule has 0 N–H and O–H groups in total. The van der Waals surface area contributed by atoms with Crippen LogP contribution in [0.15, 0.2) is 5.10 Å². The first kappa shape index (κ1) is 9.14. The molecule has 0 heterocycles. The van der Waals surface area contributed by atoms with Crippen LogP contribution in [0.5, 0.6) is 0 Å². The number of carbonyl (C=O) groups is 1. The standard InChI is InChI=1S/C7H14N2O/c1-3-4-5-6-8-9(2)7-10/h6-7H,3-5H2,1-2H3. The Hall–Kier alpha value is -0.860. The maximum absolute atomic E-state index is 9.98. The summed E-state index contributed by atoms with van der Waals surface area (Å²) >= 11 is 0. The van der Waals surface area contributed by atoms with E-state index >= 15 is 0 Å². The summed E-state index contributed by atoms with van der Waals surface area (Å²) in [6, 6.07) is 0. The molecule has 0 aliphatic carbocycles. The number of hydrogen-bond acceptors (Lipinski definition) is 2. The van der Waals surface area contributed by atoms with E-state index in [0.717, 1.165) is 19.3 Å². The first-order valence-electron chi connectivity index (χ1n) is 3.51. The van der Waals surface area contributed by atoms with Crippen molar-refractivity contribution in [2.45, 2.75) is 26.2 Å². The summed E-state index contributed by atoms with van der Waals surface area (Å²) in [6.45, 7) is 2.12. The Bertz CT molecular complexity index is 112. The minimum absolute atomic E-state index is 0.683. The van der Waals surface area contributed by atoms with Gasteiger partial charge in [-0.05, 0) is 12.8 Å². The summed E-state index contributed by atoms with van der Waals surface area (Å²) in [5.74, 6) is 0. The fraction of sp³-hybridized carbons (Fsp3) is 0.714. The van der Waals surface area contributed by atoms with E-state index in [1.165, 1.54) is 5.01 Å². The molecular formula is C7H14N2O. The molecule has 0 aromatic carbocycles. The Morgan fingerprint density at radius 3 is 2.80 bits per heavy atom. The van der Waals surface area contributed by atoms with Gasteiger partial charge in [-0.25, -0.2) is 5.01 Å². The molecule has 0 radical (unpaired) electrons. The van der Waals surface area contributed by atoms with Crippen LogP contribution in [0.25, 0.3) is 0 Å². The molecule has 0 unspecified atom stereocenters. The lowest BCUT2D eigenvalue weighted by atomic mass is 10.3. The second-order valence-corrected chi connectivity index (χ2v) is 2.12. The number of hydrazone groups is 1. The number of amides is 1. The minimum Gasteiger partial charge on any atom is -0.277 e. The molecule has 0 atom stereocenters. The second-order valence-electron chi connectivity index (χ2n) is 2.12. The topological polar surface area (TPSA) is 32.7 Å². The van der Waals surface area contributed by atoms with Crippen molar-refractivity contribution in [1.29, 1.82) is 0 Å². The molecule has 0 saturated carbocycles. The van der Waals surface area contributed by atoms with Crippen LogP contribution in [-0.4, -0.2) is 24.7 Å². The van der Waals surface area contributed by atoms with Gasteiger partial charge in [-0.15, -0.1) is 0 Å². The highest BCUT2D eigenvalue weighted by molar-refractivity contribution is 5.59. The second kappa shape index (κ2) is 6.26. The van der Waals surface area contributed by atoms with Crippen LogP contribution < -0.4 is 0 Å². The molecule has 0 spiro atoms. The Labute approximate surface area is 61.7 Å².